The third-order valence-corrected chi connectivity index (χ3v) is 5.79. The van der Waals surface area contributed by atoms with Gasteiger partial charge in [-0.25, -0.2) is 13.1 Å². The van der Waals surface area contributed by atoms with Crippen molar-refractivity contribution in [2.75, 3.05) is 38.6 Å². The average molecular weight is 340 g/mol. The molecule has 0 amide bonds. The highest BCUT2D eigenvalue weighted by atomic mass is 32.2. The van der Waals surface area contributed by atoms with Gasteiger partial charge >= 0.3 is 0 Å². The molecule has 1 aromatic carbocycles. The zero-order valence-corrected chi connectivity index (χ0v) is 15.2. The number of nitrogens with one attached hydrogen (secondary N) is 1. The van der Waals surface area contributed by atoms with Gasteiger partial charge < -0.3 is 4.74 Å². The Kier molecular flexibility index (Phi) is 6.19. The molecule has 23 heavy (non-hydrogen) atoms. The number of aryl methyl sites for hydroxylation is 1. The predicted molar refractivity (Wildman–Crippen MR) is 93.0 cm³/mol. The molecule has 1 aliphatic rings. The molecule has 6 heteroatoms. The molecule has 0 spiro atoms. The van der Waals surface area contributed by atoms with Crippen LogP contribution in [0.5, 0.6) is 0 Å². The van der Waals surface area contributed by atoms with Gasteiger partial charge in [-0.2, -0.15) is 0 Å². The lowest BCUT2D eigenvalue weighted by molar-refractivity contribution is 0.0381. The van der Waals surface area contributed by atoms with Crippen molar-refractivity contribution in [1.29, 1.82) is 0 Å². The Morgan fingerprint density at radius 3 is 2.61 bits per heavy atom. The van der Waals surface area contributed by atoms with Crippen molar-refractivity contribution in [3.8, 4) is 0 Å². The van der Waals surface area contributed by atoms with E-state index in [0.717, 1.165) is 44.0 Å². The summed E-state index contributed by atoms with van der Waals surface area (Å²) in [7, 11) is -3.31. The second-order valence-electron chi connectivity index (χ2n) is 6.72. The van der Waals surface area contributed by atoms with E-state index in [9.17, 15) is 8.42 Å². The van der Waals surface area contributed by atoms with Crippen LogP contribution in [0.25, 0.3) is 0 Å². The maximum Gasteiger partial charge on any atom is 0.212 e. The van der Waals surface area contributed by atoms with Crippen molar-refractivity contribution in [3.63, 3.8) is 0 Å². The van der Waals surface area contributed by atoms with Crippen LogP contribution in [0.3, 0.4) is 0 Å². The van der Waals surface area contributed by atoms with E-state index in [2.05, 4.69) is 9.62 Å². The molecule has 1 N–H and O–H groups in total. The minimum absolute atomic E-state index is 0.152. The molecule has 0 aromatic heterocycles. The molecule has 0 radical (unpaired) electrons. The third kappa shape index (κ3) is 5.88. The minimum Gasteiger partial charge on any atom is -0.379 e. The molecule has 0 unspecified atom stereocenters. The first kappa shape index (κ1) is 18.4. The molecule has 1 aliphatic heterocycles. The number of benzene rings is 1. The lowest BCUT2D eigenvalue weighted by Crippen LogP contribution is -2.43. The number of nitrogens with zero attached hydrogens (tertiary/aromatic N) is 1. The highest BCUT2D eigenvalue weighted by molar-refractivity contribution is 7.89. The summed E-state index contributed by atoms with van der Waals surface area (Å²) < 4.78 is 32.9. The number of morpholine rings is 1. The van der Waals surface area contributed by atoms with Crippen LogP contribution < -0.4 is 4.72 Å². The summed E-state index contributed by atoms with van der Waals surface area (Å²) in [6.45, 7) is 9.88. The molecular weight excluding hydrogens is 312 g/mol. The fourth-order valence-corrected chi connectivity index (χ4v) is 4.34. The third-order valence-electron chi connectivity index (χ3n) is 4.14. The smallest absolute Gasteiger partial charge is 0.212 e. The summed E-state index contributed by atoms with van der Waals surface area (Å²) in [5, 5.41) is 0. The van der Waals surface area contributed by atoms with E-state index < -0.39 is 15.6 Å². The molecule has 1 saturated heterocycles. The van der Waals surface area contributed by atoms with Gasteiger partial charge in [0.2, 0.25) is 10.0 Å². The molecule has 0 bridgehead atoms. The van der Waals surface area contributed by atoms with Crippen LogP contribution in [0, 0.1) is 6.92 Å². The minimum atomic E-state index is -3.31. The Hall–Kier alpha value is -0.950. The Balaban J connectivity index is 1.89. The first-order chi connectivity index (χ1) is 10.8. The van der Waals surface area contributed by atoms with Gasteiger partial charge in [-0.1, -0.05) is 29.8 Å². The van der Waals surface area contributed by atoms with E-state index in [1.807, 2.05) is 45.0 Å². The van der Waals surface area contributed by atoms with Gasteiger partial charge in [0.05, 0.1) is 24.5 Å². The zero-order valence-electron chi connectivity index (χ0n) is 14.3. The van der Waals surface area contributed by atoms with Crippen molar-refractivity contribution >= 4 is 10.0 Å². The van der Waals surface area contributed by atoms with E-state index in [0.29, 0.717) is 6.42 Å². The topological polar surface area (TPSA) is 58.6 Å². The highest BCUT2D eigenvalue weighted by Gasteiger charge is 2.26. The molecule has 1 fully saturated rings. The van der Waals surface area contributed by atoms with Gasteiger partial charge in [-0.15, -0.1) is 0 Å². The van der Waals surface area contributed by atoms with E-state index in [4.69, 9.17) is 4.74 Å². The number of hydrogen-bond acceptors (Lipinski definition) is 4. The highest BCUT2D eigenvalue weighted by Crippen LogP contribution is 2.22. The zero-order chi connectivity index (χ0) is 16.9. The van der Waals surface area contributed by atoms with Crippen molar-refractivity contribution in [3.05, 3.63) is 35.4 Å². The molecule has 1 aromatic rings. The summed E-state index contributed by atoms with van der Waals surface area (Å²) in [4.78, 5) is 2.25. The van der Waals surface area contributed by atoms with E-state index >= 15 is 0 Å². The largest absolute Gasteiger partial charge is 0.379 e. The predicted octanol–water partition coefficient (Wildman–Crippen LogP) is 1.87. The van der Waals surface area contributed by atoms with Crippen LogP contribution in [-0.4, -0.2) is 51.9 Å². The van der Waals surface area contributed by atoms with E-state index in [-0.39, 0.29) is 5.75 Å². The van der Waals surface area contributed by atoms with Crippen LogP contribution in [-0.2, 0) is 20.3 Å². The van der Waals surface area contributed by atoms with Crippen LogP contribution in [0.15, 0.2) is 24.3 Å². The fraction of sp³-hybridized carbons (Fsp3) is 0.647. The van der Waals surface area contributed by atoms with Crippen LogP contribution in [0.1, 0.15) is 31.4 Å². The van der Waals surface area contributed by atoms with Crippen LogP contribution >= 0.6 is 0 Å². The van der Waals surface area contributed by atoms with Gasteiger partial charge in [0.25, 0.3) is 0 Å². The molecule has 2 rings (SSSR count). The van der Waals surface area contributed by atoms with E-state index in [1.165, 1.54) is 0 Å². The second kappa shape index (κ2) is 7.75. The maximum absolute atomic E-state index is 12.4. The van der Waals surface area contributed by atoms with Gasteiger partial charge in [0, 0.05) is 13.1 Å². The lowest BCUT2D eigenvalue weighted by atomic mass is 9.94. The fourth-order valence-electron chi connectivity index (χ4n) is 2.84. The Morgan fingerprint density at radius 2 is 1.96 bits per heavy atom. The molecular formula is C17H28N2O3S. The molecule has 0 saturated carbocycles. The summed E-state index contributed by atoms with van der Waals surface area (Å²) in [6, 6.07) is 7.95. The quantitative estimate of drug-likeness (QED) is 0.823. The standard InChI is InChI=1S/C17H28N2O3S/c1-15-6-4-7-16(14-15)17(2,3)18-23(20,21)13-5-8-19-9-11-22-12-10-19/h4,6-7,14,18H,5,8-13H2,1-3H3. The Labute approximate surface area is 140 Å². The number of ether oxygens (including phenoxy) is 1. The van der Waals surface area contributed by atoms with Crippen molar-refractivity contribution < 1.29 is 13.2 Å². The molecule has 130 valence electrons. The molecule has 0 atom stereocenters. The maximum atomic E-state index is 12.4. The Morgan fingerprint density at radius 1 is 1.26 bits per heavy atom. The van der Waals surface area contributed by atoms with Crippen LogP contribution in [0.2, 0.25) is 0 Å². The van der Waals surface area contributed by atoms with Crippen LogP contribution in [0.4, 0.5) is 0 Å². The number of sulfonamides is 1. The first-order valence-electron chi connectivity index (χ1n) is 8.17. The van der Waals surface area contributed by atoms with Gasteiger partial charge in [0.1, 0.15) is 0 Å². The van der Waals surface area contributed by atoms with Gasteiger partial charge in [0.15, 0.2) is 0 Å². The lowest BCUT2D eigenvalue weighted by Gasteiger charge is -2.28. The number of hydrogen-bond donors (Lipinski definition) is 1. The SMILES string of the molecule is Cc1cccc(C(C)(C)NS(=O)(=O)CCCN2CCOCC2)c1. The second-order valence-corrected chi connectivity index (χ2v) is 8.56. The van der Waals surface area contributed by atoms with E-state index in [1.54, 1.807) is 0 Å². The van der Waals surface area contributed by atoms with Crippen molar-refractivity contribution in [1.82, 2.24) is 9.62 Å². The number of rotatable bonds is 7. The van der Waals surface area contributed by atoms with Crippen molar-refractivity contribution in [2.24, 2.45) is 0 Å². The first-order valence-corrected chi connectivity index (χ1v) is 9.83. The molecule has 0 aliphatic carbocycles. The molecule has 5 nitrogen and oxygen atoms in total. The van der Waals surface area contributed by atoms with Gasteiger partial charge in [-0.05, 0) is 39.3 Å². The molecule has 1 heterocycles. The van der Waals surface area contributed by atoms with Gasteiger partial charge in [-0.3, -0.25) is 4.90 Å². The summed E-state index contributed by atoms with van der Waals surface area (Å²) in [6.07, 6.45) is 0.638. The summed E-state index contributed by atoms with van der Waals surface area (Å²) in [5.74, 6) is 0.152. The van der Waals surface area contributed by atoms with Crippen molar-refractivity contribution in [2.45, 2.75) is 32.7 Å². The normalized spacial score (nSPS) is 17.3. The summed E-state index contributed by atoms with van der Waals surface area (Å²) in [5.41, 5.74) is 1.50. The summed E-state index contributed by atoms with van der Waals surface area (Å²) >= 11 is 0. The average Bonchev–Trinajstić information content (AvgIpc) is 2.47. The Bertz CT molecular complexity index is 608. The monoisotopic (exact) mass is 340 g/mol.